The number of pyridine rings is 1. The van der Waals surface area contributed by atoms with Crippen LogP contribution in [0.5, 0.6) is 0 Å². The van der Waals surface area contributed by atoms with E-state index >= 15 is 0 Å². The number of amides is 2. The molecule has 1 aromatic heterocycles. The third kappa shape index (κ3) is 4.29. The molecule has 0 radical (unpaired) electrons. The lowest BCUT2D eigenvalue weighted by atomic mass is 9.83. The average Bonchev–Trinajstić information content (AvgIpc) is 3.33. The van der Waals surface area contributed by atoms with Gasteiger partial charge in [0.1, 0.15) is 0 Å². The van der Waals surface area contributed by atoms with Crippen molar-refractivity contribution in [2.24, 2.45) is 5.92 Å². The number of nitrogens with one attached hydrogen (secondary N) is 1. The van der Waals surface area contributed by atoms with Crippen LogP contribution in [0.1, 0.15) is 44.0 Å². The Morgan fingerprint density at radius 1 is 1.23 bits per heavy atom. The standard InChI is InChI=1S/C25H32N4O2/c1-17(30)29-12-11-19(15-29)24(31)28(4)16-21-10-9-20(14-26-21)27-23-13-18-7-5-6-8-22(18)25(23,2)3/h5-10,14,19,23,27H,11-13,15-16H2,1-4H3. The fraction of sp³-hybridized carbons (Fsp3) is 0.480. The third-order valence-corrected chi connectivity index (χ3v) is 6.93. The van der Waals surface area contributed by atoms with Gasteiger partial charge in [0, 0.05) is 38.5 Å². The highest BCUT2D eigenvalue weighted by Crippen LogP contribution is 2.39. The molecule has 31 heavy (non-hydrogen) atoms. The van der Waals surface area contributed by atoms with Crippen LogP contribution < -0.4 is 5.32 Å². The molecular formula is C25H32N4O2. The zero-order chi connectivity index (χ0) is 22.2. The van der Waals surface area contributed by atoms with E-state index < -0.39 is 0 Å². The molecule has 2 aliphatic rings. The SMILES string of the molecule is CC(=O)N1CCC(C(=O)N(C)Cc2ccc(NC3Cc4ccccc4C3(C)C)cn2)C1. The zero-order valence-corrected chi connectivity index (χ0v) is 18.9. The van der Waals surface area contributed by atoms with Crippen LogP contribution in [-0.4, -0.2) is 52.8 Å². The van der Waals surface area contributed by atoms with Crippen LogP contribution >= 0.6 is 0 Å². The number of hydrogen-bond donors (Lipinski definition) is 1. The molecule has 1 saturated heterocycles. The predicted octanol–water partition coefficient (Wildman–Crippen LogP) is 3.22. The Labute approximate surface area is 184 Å². The second-order valence-electron chi connectivity index (χ2n) is 9.46. The molecule has 2 atom stereocenters. The Morgan fingerprint density at radius 3 is 2.65 bits per heavy atom. The summed E-state index contributed by atoms with van der Waals surface area (Å²) in [4.78, 5) is 32.3. The third-order valence-electron chi connectivity index (χ3n) is 6.93. The minimum Gasteiger partial charge on any atom is -0.380 e. The summed E-state index contributed by atoms with van der Waals surface area (Å²) in [5.41, 5.74) is 4.72. The number of aromatic nitrogens is 1. The molecule has 1 aliphatic heterocycles. The summed E-state index contributed by atoms with van der Waals surface area (Å²) >= 11 is 0. The first-order chi connectivity index (χ1) is 14.8. The minimum absolute atomic E-state index is 0.0382. The average molecular weight is 421 g/mol. The highest BCUT2D eigenvalue weighted by Gasteiger charge is 2.39. The molecule has 1 fully saturated rings. The molecule has 1 N–H and O–H groups in total. The van der Waals surface area contributed by atoms with Crippen molar-refractivity contribution in [1.29, 1.82) is 0 Å². The van der Waals surface area contributed by atoms with Crippen LogP contribution in [0.2, 0.25) is 0 Å². The number of rotatable bonds is 5. The predicted molar refractivity (Wildman–Crippen MR) is 122 cm³/mol. The largest absolute Gasteiger partial charge is 0.380 e. The maximum atomic E-state index is 12.7. The summed E-state index contributed by atoms with van der Waals surface area (Å²) in [5.74, 6) is 0.00976. The van der Waals surface area contributed by atoms with Gasteiger partial charge in [0.2, 0.25) is 11.8 Å². The summed E-state index contributed by atoms with van der Waals surface area (Å²) in [6.07, 6.45) is 3.60. The lowest BCUT2D eigenvalue weighted by molar-refractivity contribution is -0.134. The number of benzene rings is 1. The van der Waals surface area contributed by atoms with E-state index in [1.165, 1.54) is 11.1 Å². The summed E-state index contributed by atoms with van der Waals surface area (Å²) in [7, 11) is 1.81. The molecule has 1 aliphatic carbocycles. The Morgan fingerprint density at radius 2 is 2.00 bits per heavy atom. The van der Waals surface area contributed by atoms with Crippen molar-refractivity contribution in [3.8, 4) is 0 Å². The Bertz CT molecular complexity index is 970. The Hall–Kier alpha value is -2.89. The van der Waals surface area contributed by atoms with Crippen LogP contribution in [0.3, 0.4) is 0 Å². The zero-order valence-electron chi connectivity index (χ0n) is 18.9. The first kappa shape index (κ1) is 21.3. The molecule has 164 valence electrons. The van der Waals surface area contributed by atoms with Gasteiger partial charge in [-0.3, -0.25) is 14.6 Å². The summed E-state index contributed by atoms with van der Waals surface area (Å²) in [5, 5.41) is 3.66. The van der Waals surface area contributed by atoms with E-state index in [2.05, 4.69) is 48.4 Å². The van der Waals surface area contributed by atoms with Gasteiger partial charge in [0.05, 0.1) is 30.0 Å². The minimum atomic E-state index is -0.110. The van der Waals surface area contributed by atoms with Crippen LogP contribution in [0, 0.1) is 5.92 Å². The molecule has 0 bridgehead atoms. The van der Waals surface area contributed by atoms with Gasteiger partial charge >= 0.3 is 0 Å². The topological polar surface area (TPSA) is 65.5 Å². The van der Waals surface area contributed by atoms with E-state index in [9.17, 15) is 9.59 Å². The van der Waals surface area contributed by atoms with Gasteiger partial charge in [-0.2, -0.15) is 0 Å². The Kier molecular flexibility index (Phi) is 5.73. The van der Waals surface area contributed by atoms with Gasteiger partial charge in [0.25, 0.3) is 0 Å². The van der Waals surface area contributed by atoms with Crippen LogP contribution in [0.15, 0.2) is 42.6 Å². The smallest absolute Gasteiger partial charge is 0.227 e. The fourth-order valence-electron chi connectivity index (χ4n) is 4.91. The molecule has 1 aromatic carbocycles. The van der Waals surface area contributed by atoms with Gasteiger partial charge < -0.3 is 15.1 Å². The van der Waals surface area contributed by atoms with E-state index in [0.29, 0.717) is 25.7 Å². The molecule has 2 unspecified atom stereocenters. The number of carbonyl (C=O) groups is 2. The van der Waals surface area contributed by atoms with E-state index in [-0.39, 0.29) is 23.1 Å². The molecule has 4 rings (SSSR count). The van der Waals surface area contributed by atoms with Crippen molar-refractivity contribution >= 4 is 17.5 Å². The molecule has 6 heteroatoms. The van der Waals surface area contributed by atoms with E-state index in [4.69, 9.17) is 0 Å². The Balaban J connectivity index is 1.35. The number of likely N-dealkylation sites (tertiary alicyclic amines) is 1. The lowest BCUT2D eigenvalue weighted by Gasteiger charge is -2.30. The summed E-state index contributed by atoms with van der Waals surface area (Å²) in [6, 6.07) is 13.0. The van der Waals surface area contributed by atoms with E-state index in [1.54, 1.807) is 16.7 Å². The summed E-state index contributed by atoms with van der Waals surface area (Å²) in [6.45, 7) is 7.79. The van der Waals surface area contributed by atoms with Gasteiger partial charge in [-0.15, -0.1) is 0 Å². The van der Waals surface area contributed by atoms with Crippen molar-refractivity contribution in [3.63, 3.8) is 0 Å². The lowest BCUT2D eigenvalue weighted by Crippen LogP contribution is -2.36. The van der Waals surface area contributed by atoms with E-state index in [1.807, 2.05) is 25.4 Å². The molecule has 2 aromatic rings. The first-order valence-electron chi connectivity index (χ1n) is 11.1. The highest BCUT2D eigenvalue weighted by molar-refractivity contribution is 5.81. The number of carbonyl (C=O) groups excluding carboxylic acids is 2. The molecular weight excluding hydrogens is 388 g/mol. The van der Waals surface area contributed by atoms with Crippen molar-refractivity contribution in [1.82, 2.24) is 14.8 Å². The van der Waals surface area contributed by atoms with Crippen LogP contribution in [0.25, 0.3) is 0 Å². The number of hydrogen-bond acceptors (Lipinski definition) is 4. The van der Waals surface area contributed by atoms with Crippen molar-refractivity contribution < 1.29 is 9.59 Å². The first-order valence-corrected chi connectivity index (χ1v) is 11.1. The fourth-order valence-corrected chi connectivity index (χ4v) is 4.91. The van der Waals surface area contributed by atoms with Gasteiger partial charge in [0.15, 0.2) is 0 Å². The maximum Gasteiger partial charge on any atom is 0.227 e. The molecule has 2 amide bonds. The highest BCUT2D eigenvalue weighted by atomic mass is 16.2. The quantitative estimate of drug-likeness (QED) is 0.807. The molecule has 2 heterocycles. The van der Waals surface area contributed by atoms with Crippen molar-refractivity contribution in [2.75, 3.05) is 25.5 Å². The number of anilines is 1. The second-order valence-corrected chi connectivity index (χ2v) is 9.46. The summed E-state index contributed by atoms with van der Waals surface area (Å²) < 4.78 is 0. The van der Waals surface area contributed by atoms with Gasteiger partial charge in [-0.1, -0.05) is 38.1 Å². The van der Waals surface area contributed by atoms with Crippen LogP contribution in [0.4, 0.5) is 5.69 Å². The maximum absolute atomic E-state index is 12.7. The normalized spacial score (nSPS) is 21.6. The number of fused-ring (bicyclic) bond motifs is 1. The monoisotopic (exact) mass is 420 g/mol. The van der Waals surface area contributed by atoms with Crippen LogP contribution in [-0.2, 0) is 28.0 Å². The van der Waals surface area contributed by atoms with Gasteiger partial charge in [-0.05, 0) is 36.1 Å². The van der Waals surface area contributed by atoms with Crippen molar-refractivity contribution in [2.45, 2.75) is 51.6 Å². The molecule has 6 nitrogen and oxygen atoms in total. The van der Waals surface area contributed by atoms with Gasteiger partial charge in [-0.25, -0.2) is 0 Å². The number of nitrogens with zero attached hydrogens (tertiary/aromatic N) is 3. The molecule has 0 saturated carbocycles. The van der Waals surface area contributed by atoms with Crippen molar-refractivity contribution in [3.05, 3.63) is 59.4 Å². The van der Waals surface area contributed by atoms with E-state index in [0.717, 1.165) is 24.2 Å². The molecule has 0 spiro atoms. The second kappa shape index (κ2) is 8.33.